The van der Waals surface area contributed by atoms with Crippen molar-refractivity contribution >= 4 is 27.3 Å². The van der Waals surface area contributed by atoms with Gasteiger partial charge in [-0.05, 0) is 77.3 Å². The minimum Gasteiger partial charge on any atom is -0.309 e. The van der Waals surface area contributed by atoms with E-state index in [9.17, 15) is 0 Å². The van der Waals surface area contributed by atoms with Crippen LogP contribution in [0.1, 0.15) is 41.0 Å². The van der Waals surface area contributed by atoms with Gasteiger partial charge in [-0.25, -0.2) is 0 Å². The molecule has 2 aromatic rings. The summed E-state index contributed by atoms with van der Waals surface area (Å²) in [6.07, 6.45) is 2.20. The minimum atomic E-state index is 0.395. The van der Waals surface area contributed by atoms with Crippen LogP contribution in [0, 0.1) is 13.8 Å². The molecule has 0 saturated heterocycles. The standard InChI is InChI=1S/C17H22BrNS/c1-4-8-19-16(17-15(18)7-9-20-17)11-14-6-5-12(2)13(3)10-14/h5-7,9-10,16,19H,4,8,11H2,1-3H3. The summed E-state index contributed by atoms with van der Waals surface area (Å²) in [5.41, 5.74) is 4.15. The third-order valence-corrected chi connectivity index (χ3v) is 5.60. The Kier molecular flexibility index (Phi) is 5.82. The predicted molar refractivity (Wildman–Crippen MR) is 92.7 cm³/mol. The second-order valence-corrected chi connectivity index (χ2v) is 7.06. The molecule has 1 atom stereocenters. The Morgan fingerprint density at radius 3 is 2.60 bits per heavy atom. The highest BCUT2D eigenvalue weighted by Gasteiger charge is 2.16. The zero-order chi connectivity index (χ0) is 14.5. The van der Waals surface area contributed by atoms with Gasteiger partial charge in [-0.15, -0.1) is 11.3 Å². The number of halogens is 1. The number of benzene rings is 1. The van der Waals surface area contributed by atoms with Crippen LogP contribution in [0.4, 0.5) is 0 Å². The molecule has 1 aromatic heterocycles. The first-order valence-electron chi connectivity index (χ1n) is 7.14. The van der Waals surface area contributed by atoms with Gasteiger partial charge in [0.25, 0.3) is 0 Å². The summed E-state index contributed by atoms with van der Waals surface area (Å²) < 4.78 is 1.22. The van der Waals surface area contributed by atoms with Crippen LogP contribution >= 0.6 is 27.3 Å². The van der Waals surface area contributed by atoms with Crippen LogP contribution < -0.4 is 5.32 Å². The molecule has 0 saturated carbocycles. The van der Waals surface area contributed by atoms with Gasteiger partial charge in [-0.1, -0.05) is 25.1 Å². The number of hydrogen-bond acceptors (Lipinski definition) is 2. The first kappa shape index (κ1) is 15.7. The van der Waals surface area contributed by atoms with E-state index in [4.69, 9.17) is 0 Å². The summed E-state index contributed by atoms with van der Waals surface area (Å²) in [5, 5.41) is 5.83. The quantitative estimate of drug-likeness (QED) is 0.733. The van der Waals surface area contributed by atoms with E-state index in [2.05, 4.69) is 71.7 Å². The van der Waals surface area contributed by atoms with Crippen molar-refractivity contribution in [2.24, 2.45) is 0 Å². The topological polar surface area (TPSA) is 12.0 Å². The molecule has 1 nitrogen and oxygen atoms in total. The highest BCUT2D eigenvalue weighted by Crippen LogP contribution is 2.31. The number of nitrogens with one attached hydrogen (secondary N) is 1. The van der Waals surface area contributed by atoms with Gasteiger partial charge in [0.2, 0.25) is 0 Å². The summed E-state index contributed by atoms with van der Waals surface area (Å²) in [7, 11) is 0. The molecule has 1 unspecified atom stereocenters. The van der Waals surface area contributed by atoms with Crippen molar-refractivity contribution in [1.29, 1.82) is 0 Å². The number of hydrogen-bond donors (Lipinski definition) is 1. The van der Waals surface area contributed by atoms with Crippen LogP contribution in [0.25, 0.3) is 0 Å². The van der Waals surface area contributed by atoms with Crippen LogP contribution in [-0.4, -0.2) is 6.54 Å². The van der Waals surface area contributed by atoms with Gasteiger partial charge in [0.1, 0.15) is 0 Å². The molecule has 1 N–H and O–H groups in total. The monoisotopic (exact) mass is 351 g/mol. The normalized spacial score (nSPS) is 12.6. The Morgan fingerprint density at radius 1 is 1.20 bits per heavy atom. The highest BCUT2D eigenvalue weighted by molar-refractivity contribution is 9.10. The molecule has 20 heavy (non-hydrogen) atoms. The fraction of sp³-hybridized carbons (Fsp3) is 0.412. The lowest BCUT2D eigenvalue weighted by Gasteiger charge is -2.18. The molecule has 0 amide bonds. The molecule has 1 aromatic carbocycles. The largest absolute Gasteiger partial charge is 0.309 e. The highest BCUT2D eigenvalue weighted by atomic mass is 79.9. The van der Waals surface area contributed by atoms with E-state index >= 15 is 0 Å². The zero-order valence-electron chi connectivity index (χ0n) is 12.4. The van der Waals surface area contributed by atoms with E-state index in [1.54, 1.807) is 0 Å². The summed E-state index contributed by atoms with van der Waals surface area (Å²) in [4.78, 5) is 1.40. The Labute approximate surface area is 134 Å². The fourth-order valence-electron chi connectivity index (χ4n) is 2.30. The van der Waals surface area contributed by atoms with E-state index in [0.717, 1.165) is 19.4 Å². The molecule has 2 rings (SSSR count). The van der Waals surface area contributed by atoms with Crippen LogP contribution in [0.15, 0.2) is 34.1 Å². The molecule has 0 aliphatic rings. The van der Waals surface area contributed by atoms with Gasteiger partial charge in [0.15, 0.2) is 0 Å². The van der Waals surface area contributed by atoms with E-state index in [0.29, 0.717) is 6.04 Å². The smallest absolute Gasteiger partial charge is 0.0467 e. The lowest BCUT2D eigenvalue weighted by atomic mass is 10.00. The van der Waals surface area contributed by atoms with Gasteiger partial charge in [0, 0.05) is 15.4 Å². The third-order valence-electron chi connectivity index (χ3n) is 3.61. The average Bonchev–Trinajstić information content (AvgIpc) is 2.85. The van der Waals surface area contributed by atoms with Crippen molar-refractivity contribution in [2.45, 2.75) is 39.7 Å². The van der Waals surface area contributed by atoms with E-state index in [1.165, 1.54) is 26.0 Å². The van der Waals surface area contributed by atoms with Crippen molar-refractivity contribution in [3.8, 4) is 0 Å². The molecular weight excluding hydrogens is 330 g/mol. The van der Waals surface area contributed by atoms with Crippen molar-refractivity contribution < 1.29 is 0 Å². The second kappa shape index (κ2) is 7.39. The third kappa shape index (κ3) is 3.94. The molecule has 0 bridgehead atoms. The predicted octanol–water partition coefficient (Wildman–Crippen LogP) is 5.41. The lowest BCUT2D eigenvalue weighted by Crippen LogP contribution is -2.23. The first-order valence-corrected chi connectivity index (χ1v) is 8.81. The molecule has 0 fully saturated rings. The number of thiophene rings is 1. The summed E-state index contributed by atoms with van der Waals surface area (Å²) in [6.45, 7) is 7.62. The van der Waals surface area contributed by atoms with Crippen LogP contribution in [-0.2, 0) is 6.42 Å². The van der Waals surface area contributed by atoms with Gasteiger partial charge < -0.3 is 5.32 Å². The van der Waals surface area contributed by atoms with Crippen molar-refractivity contribution in [3.05, 3.63) is 55.7 Å². The van der Waals surface area contributed by atoms with Gasteiger partial charge >= 0.3 is 0 Å². The minimum absolute atomic E-state index is 0.395. The van der Waals surface area contributed by atoms with Crippen LogP contribution in [0.5, 0.6) is 0 Å². The maximum atomic E-state index is 3.68. The zero-order valence-corrected chi connectivity index (χ0v) is 14.8. The number of rotatable bonds is 6. The summed E-state index contributed by atoms with van der Waals surface area (Å²) in [5.74, 6) is 0. The molecule has 3 heteroatoms. The molecule has 1 heterocycles. The molecule has 0 aliphatic heterocycles. The molecule has 0 spiro atoms. The van der Waals surface area contributed by atoms with Crippen LogP contribution in [0.3, 0.4) is 0 Å². The Hall–Kier alpha value is -0.640. The van der Waals surface area contributed by atoms with Crippen molar-refractivity contribution in [1.82, 2.24) is 5.32 Å². The maximum Gasteiger partial charge on any atom is 0.0467 e. The van der Waals surface area contributed by atoms with E-state index < -0.39 is 0 Å². The van der Waals surface area contributed by atoms with Crippen molar-refractivity contribution in [2.75, 3.05) is 6.54 Å². The molecule has 0 aliphatic carbocycles. The SMILES string of the molecule is CCCNC(Cc1ccc(C)c(C)c1)c1sccc1Br. The number of aryl methyl sites for hydroxylation is 2. The first-order chi connectivity index (χ1) is 9.61. The van der Waals surface area contributed by atoms with Crippen molar-refractivity contribution in [3.63, 3.8) is 0 Å². The average molecular weight is 352 g/mol. The Morgan fingerprint density at radius 2 is 2.00 bits per heavy atom. The van der Waals surface area contributed by atoms with Crippen LogP contribution in [0.2, 0.25) is 0 Å². The van der Waals surface area contributed by atoms with E-state index in [1.807, 2.05) is 11.3 Å². The Bertz CT molecular complexity index is 562. The van der Waals surface area contributed by atoms with Gasteiger partial charge in [-0.2, -0.15) is 0 Å². The molecule has 0 radical (unpaired) electrons. The second-order valence-electron chi connectivity index (χ2n) is 5.26. The fourth-order valence-corrected chi connectivity index (χ4v) is 4.02. The van der Waals surface area contributed by atoms with Gasteiger partial charge in [-0.3, -0.25) is 0 Å². The Balaban J connectivity index is 2.19. The van der Waals surface area contributed by atoms with E-state index in [-0.39, 0.29) is 0 Å². The lowest BCUT2D eigenvalue weighted by molar-refractivity contribution is 0.535. The maximum absolute atomic E-state index is 3.68. The molecular formula is C17H22BrNS. The summed E-state index contributed by atoms with van der Waals surface area (Å²) in [6, 6.07) is 9.33. The molecule has 108 valence electrons. The summed E-state index contributed by atoms with van der Waals surface area (Å²) >= 11 is 5.49. The van der Waals surface area contributed by atoms with Gasteiger partial charge in [0.05, 0.1) is 0 Å².